The number of thioether (sulfide) groups is 1. The van der Waals surface area contributed by atoms with Crippen LogP contribution in [0.2, 0.25) is 0 Å². The van der Waals surface area contributed by atoms with Crippen LogP contribution in [0, 0.1) is 0 Å². The molecule has 1 saturated heterocycles. The molecule has 1 amide bonds. The van der Waals surface area contributed by atoms with E-state index in [1.807, 2.05) is 0 Å². The third kappa shape index (κ3) is 5.03. The topological polar surface area (TPSA) is 79.0 Å². The van der Waals surface area contributed by atoms with Crippen molar-refractivity contribution in [2.24, 2.45) is 0 Å². The smallest absolute Gasteiger partial charge is 0.240 e. The van der Waals surface area contributed by atoms with Crippen molar-refractivity contribution in [1.29, 1.82) is 0 Å². The van der Waals surface area contributed by atoms with Gasteiger partial charge in [-0.15, -0.1) is 11.8 Å². The molecule has 150 valence electrons. The second kappa shape index (κ2) is 8.91. The van der Waals surface area contributed by atoms with Gasteiger partial charge in [-0.3, -0.25) is 9.69 Å². The zero-order valence-electron chi connectivity index (χ0n) is 15.8. The Labute approximate surface area is 165 Å². The van der Waals surface area contributed by atoms with Crippen molar-refractivity contribution >= 4 is 33.4 Å². The molecular formula is C18H27N3O4S2. The van der Waals surface area contributed by atoms with E-state index in [9.17, 15) is 13.2 Å². The summed E-state index contributed by atoms with van der Waals surface area (Å²) in [5, 5.41) is 0. The van der Waals surface area contributed by atoms with Crippen LogP contribution in [-0.4, -0.2) is 70.4 Å². The second-order valence-corrected chi connectivity index (χ2v) is 9.74. The summed E-state index contributed by atoms with van der Waals surface area (Å²) in [5.41, 5.74) is 0.684. The average Bonchev–Trinajstić information content (AvgIpc) is 2.67. The molecule has 9 heteroatoms. The Hall–Kier alpha value is -1.13. The summed E-state index contributed by atoms with van der Waals surface area (Å²) >= 11 is 1.64. The van der Waals surface area contributed by atoms with Crippen molar-refractivity contribution in [3.05, 3.63) is 18.2 Å². The largest absolute Gasteiger partial charge is 0.379 e. The number of anilines is 1. The number of carbonyl (C=O) groups excluding carboxylic acids is 1. The maximum Gasteiger partial charge on any atom is 0.240 e. The number of nitrogens with zero attached hydrogens (tertiary/aromatic N) is 2. The van der Waals surface area contributed by atoms with E-state index in [1.165, 1.54) is 6.92 Å². The van der Waals surface area contributed by atoms with Gasteiger partial charge in [0.25, 0.3) is 0 Å². The Morgan fingerprint density at radius 1 is 1.30 bits per heavy atom. The first-order valence-electron chi connectivity index (χ1n) is 9.25. The van der Waals surface area contributed by atoms with Crippen LogP contribution in [0.3, 0.4) is 0 Å². The van der Waals surface area contributed by atoms with E-state index in [4.69, 9.17) is 4.74 Å². The van der Waals surface area contributed by atoms with Gasteiger partial charge in [0.15, 0.2) is 0 Å². The molecule has 0 spiro atoms. The number of nitrogens with one attached hydrogen (secondary N) is 1. The van der Waals surface area contributed by atoms with E-state index in [1.54, 1.807) is 34.9 Å². The van der Waals surface area contributed by atoms with Gasteiger partial charge < -0.3 is 9.64 Å². The third-order valence-corrected chi connectivity index (χ3v) is 7.51. The summed E-state index contributed by atoms with van der Waals surface area (Å²) in [7, 11) is -3.61. The SMILES string of the molecule is CC(=O)N1CCSc2ccc(S(=O)(=O)NCC[C@@H](C)N3CCOCC3)cc21. The summed E-state index contributed by atoms with van der Waals surface area (Å²) in [6, 6.07) is 5.31. The highest BCUT2D eigenvalue weighted by atomic mass is 32.2. The molecule has 1 aromatic rings. The Morgan fingerprint density at radius 2 is 2.04 bits per heavy atom. The minimum absolute atomic E-state index is 0.0709. The molecule has 3 rings (SSSR count). The van der Waals surface area contributed by atoms with Gasteiger partial charge in [0.2, 0.25) is 15.9 Å². The van der Waals surface area contributed by atoms with Crippen molar-refractivity contribution in [3.63, 3.8) is 0 Å². The molecule has 2 aliphatic heterocycles. The van der Waals surface area contributed by atoms with Crippen LogP contribution in [0.4, 0.5) is 5.69 Å². The number of rotatable bonds is 6. The predicted octanol–water partition coefficient (Wildman–Crippen LogP) is 1.53. The van der Waals surface area contributed by atoms with Gasteiger partial charge in [0.05, 0.1) is 23.8 Å². The maximum atomic E-state index is 12.7. The number of fused-ring (bicyclic) bond motifs is 1. The predicted molar refractivity (Wildman–Crippen MR) is 107 cm³/mol. The van der Waals surface area contributed by atoms with Crippen molar-refractivity contribution in [2.45, 2.75) is 36.1 Å². The van der Waals surface area contributed by atoms with Gasteiger partial charge in [-0.05, 0) is 31.5 Å². The van der Waals surface area contributed by atoms with Crippen LogP contribution in [0.25, 0.3) is 0 Å². The molecule has 0 radical (unpaired) electrons. The lowest BCUT2D eigenvalue weighted by Gasteiger charge is -2.32. The van der Waals surface area contributed by atoms with Gasteiger partial charge in [-0.1, -0.05) is 0 Å². The van der Waals surface area contributed by atoms with Crippen molar-refractivity contribution in [3.8, 4) is 0 Å². The average molecular weight is 414 g/mol. The molecule has 7 nitrogen and oxygen atoms in total. The molecule has 0 bridgehead atoms. The molecule has 1 N–H and O–H groups in total. The highest BCUT2D eigenvalue weighted by Crippen LogP contribution is 2.36. The van der Waals surface area contributed by atoms with E-state index in [2.05, 4.69) is 16.5 Å². The first kappa shape index (κ1) is 20.6. The van der Waals surface area contributed by atoms with Gasteiger partial charge in [0.1, 0.15) is 0 Å². The molecule has 2 aliphatic rings. The molecule has 0 unspecified atom stereocenters. The quantitative estimate of drug-likeness (QED) is 0.762. The Kier molecular flexibility index (Phi) is 6.80. The summed E-state index contributed by atoms with van der Waals surface area (Å²) in [6.07, 6.45) is 0.736. The Morgan fingerprint density at radius 3 is 2.74 bits per heavy atom. The number of hydrogen-bond donors (Lipinski definition) is 1. The molecule has 2 heterocycles. The minimum Gasteiger partial charge on any atom is -0.379 e. The van der Waals surface area contributed by atoms with Crippen molar-refractivity contribution in [2.75, 3.05) is 50.0 Å². The van der Waals surface area contributed by atoms with Crippen LogP contribution in [0.1, 0.15) is 20.3 Å². The van der Waals surface area contributed by atoms with E-state index >= 15 is 0 Å². The highest BCUT2D eigenvalue weighted by molar-refractivity contribution is 7.99. The Balaban J connectivity index is 1.64. The number of morpholine rings is 1. The molecule has 1 aromatic carbocycles. The van der Waals surface area contributed by atoms with Gasteiger partial charge >= 0.3 is 0 Å². The monoisotopic (exact) mass is 413 g/mol. The number of benzene rings is 1. The molecule has 0 saturated carbocycles. The van der Waals surface area contributed by atoms with Gasteiger partial charge in [0, 0.05) is 49.8 Å². The van der Waals surface area contributed by atoms with E-state index < -0.39 is 10.0 Å². The van der Waals surface area contributed by atoms with Crippen LogP contribution in [-0.2, 0) is 19.6 Å². The molecule has 0 aliphatic carbocycles. The fraction of sp³-hybridized carbons (Fsp3) is 0.611. The first-order valence-corrected chi connectivity index (χ1v) is 11.7. The minimum atomic E-state index is -3.61. The number of carbonyl (C=O) groups is 1. The number of hydrogen-bond acceptors (Lipinski definition) is 6. The first-order chi connectivity index (χ1) is 12.9. The van der Waals surface area contributed by atoms with Gasteiger partial charge in [-0.2, -0.15) is 0 Å². The van der Waals surface area contributed by atoms with Crippen LogP contribution < -0.4 is 9.62 Å². The number of sulfonamides is 1. The van der Waals surface area contributed by atoms with Gasteiger partial charge in [-0.25, -0.2) is 13.1 Å². The summed E-state index contributed by atoms with van der Waals surface area (Å²) in [4.78, 5) is 17.0. The lowest BCUT2D eigenvalue weighted by atomic mass is 10.2. The summed E-state index contributed by atoms with van der Waals surface area (Å²) < 4.78 is 33.4. The zero-order valence-corrected chi connectivity index (χ0v) is 17.4. The van der Waals surface area contributed by atoms with E-state index in [-0.39, 0.29) is 10.8 Å². The number of ether oxygens (including phenoxy) is 1. The van der Waals surface area contributed by atoms with Crippen LogP contribution in [0.15, 0.2) is 28.0 Å². The van der Waals surface area contributed by atoms with Crippen molar-refractivity contribution < 1.29 is 17.9 Å². The second-order valence-electron chi connectivity index (χ2n) is 6.83. The fourth-order valence-electron chi connectivity index (χ4n) is 3.38. The van der Waals surface area contributed by atoms with E-state index in [0.29, 0.717) is 24.8 Å². The zero-order chi connectivity index (χ0) is 19.4. The molecule has 0 aromatic heterocycles. The lowest BCUT2D eigenvalue weighted by molar-refractivity contribution is -0.116. The van der Waals surface area contributed by atoms with E-state index in [0.717, 1.165) is 43.4 Å². The third-order valence-electron chi connectivity index (χ3n) is 5.01. The normalized spacial score (nSPS) is 19.6. The molecular weight excluding hydrogens is 386 g/mol. The maximum absolute atomic E-state index is 12.7. The molecule has 27 heavy (non-hydrogen) atoms. The standard InChI is InChI=1S/C18H27N3O4S2/c1-14(20-7-10-25-11-8-20)5-6-19-27(23,24)16-3-4-18-17(13-16)21(15(2)22)9-12-26-18/h3-4,13-14,19H,5-12H2,1-2H3/t14-/m1/s1. The molecule has 1 atom stereocenters. The van der Waals surface area contributed by atoms with Crippen molar-refractivity contribution in [1.82, 2.24) is 9.62 Å². The van der Waals surface area contributed by atoms with Crippen LogP contribution in [0.5, 0.6) is 0 Å². The summed E-state index contributed by atoms with van der Waals surface area (Å²) in [5.74, 6) is 0.745. The number of amides is 1. The molecule has 1 fully saturated rings. The van der Waals surface area contributed by atoms with Crippen LogP contribution >= 0.6 is 11.8 Å². The lowest BCUT2D eigenvalue weighted by Crippen LogP contribution is -2.43. The highest BCUT2D eigenvalue weighted by Gasteiger charge is 2.24. The Bertz CT molecular complexity index is 779. The fourth-order valence-corrected chi connectivity index (χ4v) is 5.42. The summed E-state index contributed by atoms with van der Waals surface area (Å²) in [6.45, 7) is 7.83.